The van der Waals surface area contributed by atoms with Gasteiger partial charge in [-0.25, -0.2) is 0 Å². The van der Waals surface area contributed by atoms with Crippen molar-refractivity contribution in [3.63, 3.8) is 0 Å². The molecule has 2 heterocycles. The summed E-state index contributed by atoms with van der Waals surface area (Å²) in [5, 5.41) is 0. The SMILES string of the molecule is CC.CC.c1ccc(C2OCC3(CO2)COC(c2ccccc2)OC3)cc1. The zero-order valence-electron chi connectivity index (χ0n) is 16.9. The second-order valence-corrected chi connectivity index (χ2v) is 6.23. The fraction of sp³-hybridized carbons (Fsp3) is 0.478. The first kappa shape index (κ1) is 21.6. The molecule has 0 amide bonds. The van der Waals surface area contributed by atoms with Gasteiger partial charge in [-0.05, 0) is 0 Å². The van der Waals surface area contributed by atoms with E-state index in [-0.39, 0.29) is 18.0 Å². The van der Waals surface area contributed by atoms with Crippen molar-refractivity contribution < 1.29 is 18.9 Å². The summed E-state index contributed by atoms with van der Waals surface area (Å²) in [5.41, 5.74) is 1.88. The van der Waals surface area contributed by atoms with Gasteiger partial charge >= 0.3 is 0 Å². The van der Waals surface area contributed by atoms with Crippen molar-refractivity contribution in [2.75, 3.05) is 26.4 Å². The molecule has 0 atom stereocenters. The Labute approximate surface area is 163 Å². The lowest BCUT2D eigenvalue weighted by molar-refractivity contribution is -0.307. The molecule has 2 aliphatic heterocycles. The van der Waals surface area contributed by atoms with Gasteiger partial charge in [0.2, 0.25) is 0 Å². The Bertz CT molecular complexity index is 552. The van der Waals surface area contributed by atoms with E-state index >= 15 is 0 Å². The van der Waals surface area contributed by atoms with E-state index in [1.165, 1.54) is 0 Å². The molecule has 27 heavy (non-hydrogen) atoms. The third-order valence-electron chi connectivity index (χ3n) is 4.31. The third kappa shape index (κ3) is 5.63. The zero-order valence-corrected chi connectivity index (χ0v) is 16.9. The molecule has 2 aromatic carbocycles. The standard InChI is InChI=1S/C19H20O4.2C2H6/c1-3-7-15(8-4-1)17-20-11-19(12-21-17)13-22-18(23-14-19)16-9-5-2-6-10-16;2*1-2/h1-10,17-18H,11-14H2;2*1-2H3. The first-order valence-electron chi connectivity index (χ1n) is 9.91. The van der Waals surface area contributed by atoms with E-state index in [1.54, 1.807) is 0 Å². The maximum absolute atomic E-state index is 5.92. The Morgan fingerprint density at radius 2 is 0.852 bits per heavy atom. The third-order valence-corrected chi connectivity index (χ3v) is 4.31. The quantitative estimate of drug-likeness (QED) is 0.696. The summed E-state index contributed by atoms with van der Waals surface area (Å²) >= 11 is 0. The van der Waals surface area contributed by atoms with Crippen molar-refractivity contribution in [2.24, 2.45) is 5.41 Å². The second kappa shape index (κ2) is 11.2. The second-order valence-electron chi connectivity index (χ2n) is 6.23. The smallest absolute Gasteiger partial charge is 0.183 e. The fourth-order valence-electron chi connectivity index (χ4n) is 2.96. The lowest BCUT2D eigenvalue weighted by atomic mass is 9.90. The Hall–Kier alpha value is -1.72. The Morgan fingerprint density at radius 1 is 0.556 bits per heavy atom. The van der Waals surface area contributed by atoms with E-state index in [4.69, 9.17) is 18.9 Å². The normalized spacial score (nSPS) is 27.0. The molecule has 0 aromatic heterocycles. The van der Waals surface area contributed by atoms with Gasteiger partial charge in [0.15, 0.2) is 12.6 Å². The minimum absolute atomic E-state index is 0.212. The lowest BCUT2D eigenvalue weighted by Gasteiger charge is -2.43. The minimum atomic E-state index is -0.298. The predicted molar refractivity (Wildman–Crippen MR) is 107 cm³/mol. The average molecular weight is 373 g/mol. The van der Waals surface area contributed by atoms with E-state index in [1.807, 2.05) is 88.4 Å². The molecule has 0 aliphatic carbocycles. The van der Waals surface area contributed by atoms with Crippen LogP contribution >= 0.6 is 0 Å². The van der Waals surface area contributed by atoms with E-state index in [0.717, 1.165) is 11.1 Å². The van der Waals surface area contributed by atoms with Crippen LogP contribution in [0.3, 0.4) is 0 Å². The van der Waals surface area contributed by atoms with Crippen molar-refractivity contribution in [1.29, 1.82) is 0 Å². The highest BCUT2D eigenvalue weighted by Crippen LogP contribution is 2.37. The molecule has 2 saturated heterocycles. The maximum atomic E-state index is 5.92. The summed E-state index contributed by atoms with van der Waals surface area (Å²) in [6.07, 6.45) is -0.595. The summed E-state index contributed by atoms with van der Waals surface area (Å²) in [7, 11) is 0. The molecule has 0 bridgehead atoms. The van der Waals surface area contributed by atoms with Crippen LogP contribution in [0.1, 0.15) is 51.4 Å². The van der Waals surface area contributed by atoms with Gasteiger partial charge < -0.3 is 18.9 Å². The van der Waals surface area contributed by atoms with Gasteiger partial charge in [-0.15, -0.1) is 0 Å². The number of hydrogen-bond donors (Lipinski definition) is 0. The highest BCUT2D eigenvalue weighted by molar-refractivity contribution is 5.17. The van der Waals surface area contributed by atoms with Crippen molar-refractivity contribution in [2.45, 2.75) is 40.3 Å². The van der Waals surface area contributed by atoms with Gasteiger partial charge in [0.25, 0.3) is 0 Å². The van der Waals surface area contributed by atoms with Gasteiger partial charge in [-0.3, -0.25) is 0 Å². The van der Waals surface area contributed by atoms with Crippen molar-refractivity contribution in [3.05, 3.63) is 71.8 Å². The molecular weight excluding hydrogens is 340 g/mol. The highest BCUT2D eigenvalue weighted by Gasteiger charge is 2.42. The van der Waals surface area contributed by atoms with Gasteiger partial charge in [-0.1, -0.05) is 88.4 Å². The Morgan fingerprint density at radius 3 is 1.15 bits per heavy atom. The lowest BCUT2D eigenvalue weighted by Crippen LogP contribution is -2.49. The zero-order chi connectivity index (χ0) is 19.5. The van der Waals surface area contributed by atoms with Crippen LogP contribution in [0.4, 0.5) is 0 Å². The van der Waals surface area contributed by atoms with E-state index in [9.17, 15) is 0 Å². The van der Waals surface area contributed by atoms with E-state index < -0.39 is 0 Å². The molecule has 1 spiro atoms. The Balaban J connectivity index is 0.000000614. The summed E-state index contributed by atoms with van der Waals surface area (Å²) in [5.74, 6) is 0. The summed E-state index contributed by atoms with van der Waals surface area (Å²) in [6, 6.07) is 20.0. The summed E-state index contributed by atoms with van der Waals surface area (Å²) < 4.78 is 23.7. The molecule has 2 aromatic rings. The van der Waals surface area contributed by atoms with Crippen molar-refractivity contribution in [3.8, 4) is 0 Å². The van der Waals surface area contributed by atoms with Crippen LogP contribution in [-0.2, 0) is 18.9 Å². The summed E-state index contributed by atoms with van der Waals surface area (Å²) in [6.45, 7) is 10.3. The number of hydrogen-bond acceptors (Lipinski definition) is 4. The molecule has 4 heteroatoms. The van der Waals surface area contributed by atoms with Crippen LogP contribution in [0, 0.1) is 5.41 Å². The minimum Gasteiger partial charge on any atom is -0.348 e. The molecule has 2 aliphatic rings. The molecule has 2 fully saturated rings. The van der Waals surface area contributed by atoms with Gasteiger partial charge in [-0.2, -0.15) is 0 Å². The van der Waals surface area contributed by atoms with E-state index in [2.05, 4.69) is 0 Å². The molecule has 4 nitrogen and oxygen atoms in total. The highest BCUT2D eigenvalue weighted by atomic mass is 16.7. The molecule has 0 saturated carbocycles. The average Bonchev–Trinajstić information content (AvgIpc) is 2.79. The molecular formula is C23H32O4. The molecule has 4 rings (SSSR count). The van der Waals surface area contributed by atoms with E-state index in [0.29, 0.717) is 26.4 Å². The number of rotatable bonds is 2. The fourth-order valence-corrected chi connectivity index (χ4v) is 2.96. The van der Waals surface area contributed by atoms with Gasteiger partial charge in [0.1, 0.15) is 0 Å². The number of benzene rings is 2. The Kier molecular flexibility index (Phi) is 8.95. The van der Waals surface area contributed by atoms with Crippen LogP contribution < -0.4 is 0 Å². The van der Waals surface area contributed by atoms with Crippen molar-refractivity contribution in [1.82, 2.24) is 0 Å². The monoisotopic (exact) mass is 372 g/mol. The predicted octanol–water partition coefficient (Wildman–Crippen LogP) is 5.52. The van der Waals surface area contributed by atoms with Crippen LogP contribution in [-0.4, -0.2) is 26.4 Å². The topological polar surface area (TPSA) is 36.9 Å². The first-order chi connectivity index (χ1) is 13.3. The largest absolute Gasteiger partial charge is 0.348 e. The molecule has 0 radical (unpaired) electrons. The van der Waals surface area contributed by atoms with Crippen LogP contribution in [0.25, 0.3) is 0 Å². The number of ether oxygens (including phenoxy) is 4. The molecule has 148 valence electrons. The van der Waals surface area contributed by atoms with Crippen molar-refractivity contribution >= 4 is 0 Å². The molecule has 0 N–H and O–H groups in total. The maximum Gasteiger partial charge on any atom is 0.183 e. The van der Waals surface area contributed by atoms with Crippen LogP contribution in [0.2, 0.25) is 0 Å². The van der Waals surface area contributed by atoms with Gasteiger partial charge in [0.05, 0.1) is 31.8 Å². The van der Waals surface area contributed by atoms with Crippen LogP contribution in [0.5, 0.6) is 0 Å². The first-order valence-corrected chi connectivity index (χ1v) is 9.91. The van der Waals surface area contributed by atoms with Gasteiger partial charge in [0, 0.05) is 11.1 Å². The summed E-state index contributed by atoms with van der Waals surface area (Å²) in [4.78, 5) is 0. The van der Waals surface area contributed by atoms with Crippen LogP contribution in [0.15, 0.2) is 60.7 Å². The molecule has 0 unspecified atom stereocenters.